The van der Waals surface area contributed by atoms with Crippen LogP contribution in [-0.4, -0.2) is 15.9 Å². The van der Waals surface area contributed by atoms with Crippen molar-refractivity contribution >= 4 is 39.8 Å². The largest absolute Gasteiger partial charge is 0.274 e. The smallest absolute Gasteiger partial charge is 0.230 e. The van der Waals surface area contributed by atoms with E-state index in [2.05, 4.69) is 13.0 Å². The van der Waals surface area contributed by atoms with Gasteiger partial charge in [-0.05, 0) is 61.4 Å². The summed E-state index contributed by atoms with van der Waals surface area (Å²) >= 11 is 2.99. The number of nitriles is 1. The van der Waals surface area contributed by atoms with Crippen LogP contribution in [0.25, 0.3) is 0 Å². The van der Waals surface area contributed by atoms with Crippen molar-refractivity contribution in [2.75, 3.05) is 4.90 Å². The standard InChI is InChI=1S/C24H24N4OS2/c1-3-17-8-10-21(11-9-17)28(16(2)29)24-26-20(15-31-24)14-30-23-19(13-25)12-18-6-4-5-7-22(18)27-23/h8-12,15H,3-7,14H2,1-2H3. The molecule has 1 aliphatic rings. The van der Waals surface area contributed by atoms with Gasteiger partial charge in [-0.1, -0.05) is 30.8 Å². The Kier molecular flexibility index (Phi) is 6.69. The third-order valence-electron chi connectivity index (χ3n) is 5.39. The van der Waals surface area contributed by atoms with Crippen molar-refractivity contribution in [3.05, 3.63) is 63.8 Å². The number of hydrogen-bond donors (Lipinski definition) is 0. The molecule has 0 radical (unpaired) electrons. The molecule has 0 atom stereocenters. The van der Waals surface area contributed by atoms with Crippen molar-refractivity contribution in [2.45, 2.75) is 56.7 Å². The number of benzene rings is 1. The number of thiazole rings is 1. The van der Waals surface area contributed by atoms with Crippen molar-refractivity contribution in [1.82, 2.24) is 9.97 Å². The zero-order chi connectivity index (χ0) is 21.8. The summed E-state index contributed by atoms with van der Waals surface area (Å²) < 4.78 is 0. The van der Waals surface area contributed by atoms with Gasteiger partial charge in [0.05, 0.1) is 16.9 Å². The molecule has 31 heavy (non-hydrogen) atoms. The quantitative estimate of drug-likeness (QED) is 0.444. The lowest BCUT2D eigenvalue weighted by molar-refractivity contribution is -0.115. The van der Waals surface area contributed by atoms with Gasteiger partial charge in [-0.3, -0.25) is 9.69 Å². The second-order valence-electron chi connectivity index (χ2n) is 7.55. The molecule has 0 spiro atoms. The molecule has 0 saturated carbocycles. The summed E-state index contributed by atoms with van der Waals surface area (Å²) in [6.45, 7) is 3.66. The lowest BCUT2D eigenvalue weighted by Crippen LogP contribution is -2.22. The van der Waals surface area contributed by atoms with E-state index in [1.165, 1.54) is 40.6 Å². The highest BCUT2D eigenvalue weighted by Gasteiger charge is 2.19. The summed E-state index contributed by atoms with van der Waals surface area (Å²) in [5, 5.41) is 13.0. The molecule has 5 nitrogen and oxygen atoms in total. The lowest BCUT2D eigenvalue weighted by atomic mass is 9.95. The Morgan fingerprint density at radius 3 is 2.71 bits per heavy atom. The summed E-state index contributed by atoms with van der Waals surface area (Å²) in [5.41, 5.74) is 5.92. The summed E-state index contributed by atoms with van der Waals surface area (Å²) in [7, 11) is 0. The monoisotopic (exact) mass is 448 g/mol. The van der Waals surface area contributed by atoms with Gasteiger partial charge in [0.2, 0.25) is 5.91 Å². The Balaban J connectivity index is 1.52. The van der Waals surface area contributed by atoms with Crippen LogP contribution in [0.4, 0.5) is 10.8 Å². The van der Waals surface area contributed by atoms with Crippen LogP contribution in [0, 0.1) is 11.3 Å². The lowest BCUT2D eigenvalue weighted by Gasteiger charge is -2.18. The molecule has 2 aromatic heterocycles. The average Bonchev–Trinajstić information content (AvgIpc) is 3.25. The number of carbonyl (C=O) groups is 1. The van der Waals surface area contributed by atoms with Crippen LogP contribution in [0.2, 0.25) is 0 Å². The Bertz CT molecular complexity index is 1130. The van der Waals surface area contributed by atoms with Crippen molar-refractivity contribution in [2.24, 2.45) is 0 Å². The summed E-state index contributed by atoms with van der Waals surface area (Å²) in [4.78, 5) is 23.5. The molecule has 0 bridgehead atoms. The first-order valence-corrected chi connectivity index (χ1v) is 12.3. The average molecular weight is 449 g/mol. The summed E-state index contributed by atoms with van der Waals surface area (Å²) in [6.07, 6.45) is 5.28. The molecule has 0 N–H and O–H groups in total. The Hall–Kier alpha value is -2.69. The fourth-order valence-corrected chi connectivity index (χ4v) is 5.58. The number of thioether (sulfide) groups is 1. The van der Waals surface area contributed by atoms with Crippen LogP contribution in [0.15, 0.2) is 40.7 Å². The summed E-state index contributed by atoms with van der Waals surface area (Å²) in [5.74, 6) is 0.540. The van der Waals surface area contributed by atoms with Crippen molar-refractivity contribution in [1.29, 1.82) is 5.26 Å². The van der Waals surface area contributed by atoms with Crippen LogP contribution < -0.4 is 4.90 Å². The third kappa shape index (κ3) is 4.81. The van der Waals surface area contributed by atoms with Gasteiger partial charge in [0.15, 0.2) is 5.13 Å². The molecule has 0 saturated heterocycles. The van der Waals surface area contributed by atoms with E-state index in [-0.39, 0.29) is 5.91 Å². The topological polar surface area (TPSA) is 69.9 Å². The van der Waals surface area contributed by atoms with Crippen LogP contribution >= 0.6 is 23.1 Å². The number of hydrogen-bond acceptors (Lipinski definition) is 6. The molecule has 1 aliphatic carbocycles. The minimum atomic E-state index is -0.0686. The number of amides is 1. The molecule has 2 heterocycles. The number of fused-ring (bicyclic) bond motifs is 1. The fraction of sp³-hybridized carbons (Fsp3) is 0.333. The number of carbonyl (C=O) groups excluding carboxylic acids is 1. The van der Waals surface area contributed by atoms with Crippen LogP contribution in [0.5, 0.6) is 0 Å². The van der Waals surface area contributed by atoms with E-state index < -0.39 is 0 Å². The van der Waals surface area contributed by atoms with Crippen molar-refractivity contribution in [3.63, 3.8) is 0 Å². The van der Waals surface area contributed by atoms with E-state index in [4.69, 9.17) is 9.97 Å². The third-order valence-corrected chi connectivity index (χ3v) is 7.29. The van der Waals surface area contributed by atoms with Gasteiger partial charge >= 0.3 is 0 Å². The van der Waals surface area contributed by atoms with Crippen LogP contribution in [-0.2, 0) is 29.8 Å². The number of pyridine rings is 1. The van der Waals surface area contributed by atoms with E-state index in [1.807, 2.05) is 35.7 Å². The molecule has 7 heteroatoms. The zero-order valence-electron chi connectivity index (χ0n) is 17.7. The molecule has 1 aromatic carbocycles. The predicted molar refractivity (Wildman–Crippen MR) is 126 cm³/mol. The van der Waals surface area contributed by atoms with E-state index in [0.29, 0.717) is 16.4 Å². The van der Waals surface area contributed by atoms with E-state index in [0.717, 1.165) is 47.8 Å². The minimum absolute atomic E-state index is 0.0686. The minimum Gasteiger partial charge on any atom is -0.274 e. The van der Waals surface area contributed by atoms with E-state index in [9.17, 15) is 10.1 Å². The summed E-state index contributed by atoms with van der Waals surface area (Å²) in [6, 6.07) is 12.3. The Morgan fingerprint density at radius 2 is 2.00 bits per heavy atom. The Labute approximate surface area is 191 Å². The highest BCUT2D eigenvalue weighted by molar-refractivity contribution is 7.98. The molecule has 158 valence electrons. The highest BCUT2D eigenvalue weighted by atomic mass is 32.2. The maximum absolute atomic E-state index is 12.3. The number of anilines is 2. The second-order valence-corrected chi connectivity index (χ2v) is 9.35. The molecule has 0 aliphatic heterocycles. The maximum atomic E-state index is 12.3. The van der Waals surface area contributed by atoms with Crippen molar-refractivity contribution in [3.8, 4) is 6.07 Å². The molecule has 1 amide bonds. The molecule has 0 fully saturated rings. The fourth-order valence-electron chi connectivity index (χ4n) is 3.72. The van der Waals surface area contributed by atoms with Crippen molar-refractivity contribution < 1.29 is 4.79 Å². The molecular weight excluding hydrogens is 424 g/mol. The predicted octanol–water partition coefficient (Wildman–Crippen LogP) is 5.83. The first-order chi connectivity index (χ1) is 15.1. The van der Waals surface area contributed by atoms with Gasteiger partial charge in [0, 0.05) is 23.8 Å². The highest BCUT2D eigenvalue weighted by Crippen LogP contribution is 2.33. The zero-order valence-corrected chi connectivity index (χ0v) is 19.4. The van der Waals surface area contributed by atoms with Gasteiger partial charge in [-0.25, -0.2) is 9.97 Å². The molecule has 4 rings (SSSR count). The van der Waals surface area contributed by atoms with Gasteiger partial charge in [0.25, 0.3) is 0 Å². The Morgan fingerprint density at radius 1 is 1.23 bits per heavy atom. The molecular formula is C24H24N4OS2. The first-order valence-electron chi connectivity index (χ1n) is 10.5. The van der Waals surface area contributed by atoms with Crippen LogP contribution in [0.3, 0.4) is 0 Å². The SMILES string of the molecule is CCc1ccc(N(C(C)=O)c2nc(CSc3nc4c(cc3C#N)CCCC4)cs2)cc1. The maximum Gasteiger partial charge on any atom is 0.230 e. The van der Waals surface area contributed by atoms with E-state index in [1.54, 1.807) is 11.8 Å². The second kappa shape index (κ2) is 9.63. The van der Waals surface area contributed by atoms with Gasteiger partial charge in [-0.15, -0.1) is 11.3 Å². The van der Waals surface area contributed by atoms with Crippen LogP contribution in [0.1, 0.15) is 54.8 Å². The number of aryl methyl sites for hydroxylation is 3. The van der Waals surface area contributed by atoms with Gasteiger partial charge in [-0.2, -0.15) is 5.26 Å². The first kappa shape index (κ1) is 21.5. The van der Waals surface area contributed by atoms with Gasteiger partial charge < -0.3 is 0 Å². The number of nitrogens with zero attached hydrogens (tertiary/aromatic N) is 4. The molecule has 0 unspecified atom stereocenters. The normalized spacial score (nSPS) is 12.8. The number of rotatable bonds is 6. The molecule has 3 aromatic rings. The number of aromatic nitrogens is 2. The van der Waals surface area contributed by atoms with Gasteiger partial charge in [0.1, 0.15) is 11.1 Å². The van der Waals surface area contributed by atoms with E-state index >= 15 is 0 Å².